The lowest BCUT2D eigenvalue weighted by atomic mass is 9.86. The van der Waals surface area contributed by atoms with Gasteiger partial charge in [-0.2, -0.15) is 0 Å². The fourth-order valence-electron chi connectivity index (χ4n) is 13.6. The molecule has 0 aliphatic carbocycles. The van der Waals surface area contributed by atoms with Gasteiger partial charge in [0.1, 0.15) is 11.2 Å². The number of aromatic nitrogens is 1. The van der Waals surface area contributed by atoms with E-state index in [9.17, 15) is 0 Å². The Bertz CT molecular complexity index is 5050. The Labute approximate surface area is 517 Å². The zero-order chi connectivity index (χ0) is 60.8. The average molecular weight is 1140 g/mol. The van der Waals surface area contributed by atoms with Crippen LogP contribution in [0.15, 0.2) is 241 Å². The SMILES string of the molecule is CC(C)(C)c1ccc(N(c2ccc(-c3ccc4cc5c6cc7oc8ccccc8c7c7c8cc9ccc(-c%10ccc(N(c%11ccc(C(C)(C)C)cc%11)c%11ccc(C(C)(C)C)cc%11)cc%10)cc9cc8n(c5cc4c3)c67)cc2)c2ccc(C(C)(C)C)cc2)cc1. The molecule has 0 atom stereocenters. The monoisotopic (exact) mass is 1140 g/mol. The molecule has 0 aliphatic heterocycles. The Morgan fingerprint density at radius 1 is 0.273 bits per heavy atom. The number of rotatable bonds is 8. The Kier molecular flexibility index (Phi) is 12.5. The number of hydrogen-bond acceptors (Lipinski definition) is 3. The van der Waals surface area contributed by atoms with Gasteiger partial charge in [0.2, 0.25) is 0 Å². The van der Waals surface area contributed by atoms with E-state index in [4.69, 9.17) is 4.42 Å². The molecule has 0 saturated carbocycles. The predicted octanol–water partition coefficient (Wildman–Crippen LogP) is 24.5. The van der Waals surface area contributed by atoms with E-state index in [1.807, 2.05) is 0 Å². The molecule has 0 N–H and O–H groups in total. The van der Waals surface area contributed by atoms with Crippen molar-refractivity contribution >= 4 is 116 Å². The van der Waals surface area contributed by atoms with E-state index in [1.165, 1.54) is 110 Å². The maximum absolute atomic E-state index is 6.76. The van der Waals surface area contributed by atoms with Crippen LogP contribution < -0.4 is 9.80 Å². The number of benzene rings is 12. The average Bonchev–Trinajstić information content (AvgIpc) is 1.52. The van der Waals surface area contributed by atoms with Crippen LogP contribution in [0.25, 0.3) is 104 Å². The zero-order valence-corrected chi connectivity index (χ0v) is 52.8. The van der Waals surface area contributed by atoms with Gasteiger partial charge < -0.3 is 18.6 Å². The van der Waals surface area contributed by atoms with Crippen molar-refractivity contribution in [1.82, 2.24) is 4.40 Å². The number of anilines is 6. The third-order valence-corrected chi connectivity index (χ3v) is 18.7. The molecule has 0 saturated heterocycles. The molecule has 15 rings (SSSR count). The minimum Gasteiger partial charge on any atom is -0.456 e. The topological polar surface area (TPSA) is 24.0 Å². The van der Waals surface area contributed by atoms with Gasteiger partial charge in [0.05, 0.1) is 16.6 Å². The van der Waals surface area contributed by atoms with Gasteiger partial charge in [0, 0.05) is 66.4 Å². The van der Waals surface area contributed by atoms with Gasteiger partial charge >= 0.3 is 0 Å². The summed E-state index contributed by atoms with van der Waals surface area (Å²) in [6, 6.07) is 89.0. The maximum atomic E-state index is 6.76. The summed E-state index contributed by atoms with van der Waals surface area (Å²) in [5.74, 6) is 0. The van der Waals surface area contributed by atoms with Crippen LogP contribution in [0.3, 0.4) is 0 Å². The molecule has 0 aliphatic rings. The molecule has 0 radical (unpaired) electrons. The Morgan fingerprint density at radius 3 is 1.02 bits per heavy atom. The van der Waals surface area contributed by atoms with Crippen LogP contribution in [0.2, 0.25) is 0 Å². The highest BCUT2D eigenvalue weighted by atomic mass is 16.3. The highest BCUT2D eigenvalue weighted by molar-refractivity contribution is 6.36. The molecule has 0 amide bonds. The van der Waals surface area contributed by atoms with Crippen LogP contribution in [0, 0.1) is 0 Å². The first-order chi connectivity index (χ1) is 42.1. The minimum absolute atomic E-state index is 0.0634. The summed E-state index contributed by atoms with van der Waals surface area (Å²) in [6.45, 7) is 27.3. The van der Waals surface area contributed by atoms with Crippen molar-refractivity contribution in [3.05, 3.63) is 259 Å². The molecule has 3 aromatic heterocycles. The predicted molar refractivity (Wildman–Crippen MR) is 378 cm³/mol. The van der Waals surface area contributed by atoms with E-state index in [0.717, 1.165) is 50.7 Å². The van der Waals surface area contributed by atoms with Gasteiger partial charge in [-0.3, -0.25) is 0 Å². The molecule has 88 heavy (non-hydrogen) atoms. The summed E-state index contributed by atoms with van der Waals surface area (Å²) < 4.78 is 9.31. The van der Waals surface area contributed by atoms with Crippen molar-refractivity contribution in [3.8, 4) is 22.3 Å². The van der Waals surface area contributed by atoms with Gasteiger partial charge in [-0.25, -0.2) is 0 Å². The lowest BCUT2D eigenvalue weighted by Gasteiger charge is -2.28. The first kappa shape index (κ1) is 55.0. The summed E-state index contributed by atoms with van der Waals surface area (Å²) >= 11 is 0. The van der Waals surface area contributed by atoms with E-state index in [-0.39, 0.29) is 21.7 Å². The summed E-state index contributed by atoms with van der Waals surface area (Å²) in [5.41, 5.74) is 22.4. The van der Waals surface area contributed by atoms with Gasteiger partial charge in [-0.1, -0.05) is 198 Å². The summed E-state index contributed by atoms with van der Waals surface area (Å²) in [7, 11) is 0. The molecule has 12 aromatic carbocycles. The largest absolute Gasteiger partial charge is 0.456 e. The van der Waals surface area contributed by atoms with Gasteiger partial charge in [-0.15, -0.1) is 0 Å². The Hall–Kier alpha value is -9.64. The number of nitrogens with zero attached hydrogens (tertiary/aromatic N) is 3. The van der Waals surface area contributed by atoms with Gasteiger partial charge in [0.25, 0.3) is 0 Å². The number of hydrogen-bond donors (Lipinski definition) is 0. The van der Waals surface area contributed by atoms with E-state index < -0.39 is 0 Å². The van der Waals surface area contributed by atoms with E-state index >= 15 is 0 Å². The lowest BCUT2D eigenvalue weighted by molar-refractivity contribution is 0.590. The summed E-state index contributed by atoms with van der Waals surface area (Å²) in [4.78, 5) is 4.76. The van der Waals surface area contributed by atoms with Crippen molar-refractivity contribution < 1.29 is 4.42 Å². The fraction of sp³-hybridized carbons (Fsp3) is 0.190. The van der Waals surface area contributed by atoms with Crippen molar-refractivity contribution in [2.75, 3.05) is 9.80 Å². The van der Waals surface area contributed by atoms with Crippen molar-refractivity contribution in [2.24, 2.45) is 0 Å². The Balaban J connectivity index is 0.833. The quantitative estimate of drug-likeness (QED) is 0.152. The minimum atomic E-state index is 0.0634. The maximum Gasteiger partial charge on any atom is 0.136 e. The second kappa shape index (κ2) is 20.0. The molecule has 0 fully saturated rings. The van der Waals surface area contributed by atoms with E-state index in [1.54, 1.807) is 0 Å². The highest BCUT2D eigenvalue weighted by Gasteiger charge is 2.26. The molecule has 0 bridgehead atoms. The first-order valence-electron chi connectivity index (χ1n) is 31.3. The molecule has 3 heterocycles. The van der Waals surface area contributed by atoms with Crippen LogP contribution in [0.4, 0.5) is 34.1 Å². The summed E-state index contributed by atoms with van der Waals surface area (Å²) in [6.07, 6.45) is 0. The van der Waals surface area contributed by atoms with Crippen LogP contribution in [-0.4, -0.2) is 4.40 Å². The van der Waals surface area contributed by atoms with Crippen LogP contribution in [-0.2, 0) is 21.7 Å². The normalized spacial score (nSPS) is 12.8. The molecule has 0 unspecified atom stereocenters. The van der Waals surface area contributed by atoms with Gasteiger partial charge in [0.15, 0.2) is 0 Å². The third-order valence-electron chi connectivity index (χ3n) is 18.7. The van der Waals surface area contributed by atoms with Crippen LogP contribution in [0.5, 0.6) is 0 Å². The lowest BCUT2D eigenvalue weighted by Crippen LogP contribution is -2.14. The molecule has 432 valence electrons. The second-order valence-electron chi connectivity index (χ2n) is 28.8. The molecule has 0 spiro atoms. The number of furan rings is 1. The third kappa shape index (κ3) is 9.35. The molecule has 4 heteroatoms. The Morgan fingerprint density at radius 2 is 0.625 bits per heavy atom. The summed E-state index contributed by atoms with van der Waals surface area (Å²) in [5, 5.41) is 12.0. The molecule has 15 aromatic rings. The van der Waals surface area contributed by atoms with Crippen molar-refractivity contribution in [3.63, 3.8) is 0 Å². The molecular formula is C84H75N3O. The molecular weight excluding hydrogens is 1070 g/mol. The standard InChI is InChI=1S/C84H75N3O/c1-81(2,3)60-25-37-66(38-26-60)85(67-39-27-61(28-40-67)82(4,5)6)64-33-21-52(22-34-64)54-17-19-56-47-71-72-51-77-78(70-15-13-14-16-76(70)88-77)79-73-48-57-20-18-55(46-59(57)50-75(73)87(80(72)79)74(71)49-58(56)45-54)53-23-35-65(36-24-53)86(68-41-29-62(30-42-68)83(7,8)9)69-43-31-63(32-44-69)84(10,11)12/h13-51H,1-12H3. The van der Waals surface area contributed by atoms with Gasteiger partial charge in [-0.05, 0) is 209 Å². The number of fused-ring (bicyclic) bond motifs is 12. The van der Waals surface area contributed by atoms with Crippen LogP contribution >= 0.6 is 0 Å². The fourth-order valence-corrected chi connectivity index (χ4v) is 13.6. The van der Waals surface area contributed by atoms with Crippen molar-refractivity contribution in [1.29, 1.82) is 0 Å². The van der Waals surface area contributed by atoms with E-state index in [2.05, 4.69) is 334 Å². The zero-order valence-electron chi connectivity index (χ0n) is 52.8. The molecule has 4 nitrogen and oxygen atoms in total. The number of para-hydroxylation sites is 1. The smallest absolute Gasteiger partial charge is 0.136 e. The second-order valence-corrected chi connectivity index (χ2v) is 28.8. The first-order valence-corrected chi connectivity index (χ1v) is 31.3. The van der Waals surface area contributed by atoms with Crippen LogP contribution in [0.1, 0.15) is 105 Å². The van der Waals surface area contributed by atoms with E-state index in [0.29, 0.717) is 0 Å². The highest BCUT2D eigenvalue weighted by Crippen LogP contribution is 2.49. The van der Waals surface area contributed by atoms with Crippen molar-refractivity contribution in [2.45, 2.75) is 105 Å².